The van der Waals surface area contributed by atoms with Gasteiger partial charge in [-0.25, -0.2) is 4.79 Å². The van der Waals surface area contributed by atoms with Crippen LogP contribution in [0.15, 0.2) is 30.5 Å². The maximum atomic E-state index is 12.1. The van der Waals surface area contributed by atoms with Crippen molar-refractivity contribution >= 4 is 17.0 Å². The highest BCUT2D eigenvalue weighted by molar-refractivity contribution is 5.85. The summed E-state index contributed by atoms with van der Waals surface area (Å²) in [5.74, 6) is 0.862. The van der Waals surface area contributed by atoms with Gasteiger partial charge in [-0.1, -0.05) is 6.07 Å². The molecule has 1 aromatic heterocycles. The van der Waals surface area contributed by atoms with Crippen molar-refractivity contribution < 1.29 is 14.3 Å². The summed E-state index contributed by atoms with van der Waals surface area (Å²) in [7, 11) is 0. The molecule has 2 heterocycles. The maximum Gasteiger partial charge on any atom is 0.410 e. The first-order chi connectivity index (χ1) is 11.8. The fourth-order valence-corrected chi connectivity index (χ4v) is 3.00. The Kier molecular flexibility index (Phi) is 4.84. The van der Waals surface area contributed by atoms with Crippen LogP contribution in [0.5, 0.6) is 5.75 Å². The number of piperidine rings is 1. The third-order valence-electron chi connectivity index (χ3n) is 4.25. The lowest BCUT2D eigenvalue weighted by Crippen LogP contribution is -2.44. The molecule has 1 fully saturated rings. The summed E-state index contributed by atoms with van der Waals surface area (Å²) < 4.78 is 11.7. The van der Waals surface area contributed by atoms with Gasteiger partial charge in [-0.3, -0.25) is 4.98 Å². The zero-order valence-corrected chi connectivity index (χ0v) is 15.4. The fourth-order valence-electron chi connectivity index (χ4n) is 3.00. The summed E-state index contributed by atoms with van der Waals surface area (Å²) in [6, 6.07) is 8.11. The zero-order valence-electron chi connectivity index (χ0n) is 15.4. The van der Waals surface area contributed by atoms with E-state index in [0.717, 1.165) is 29.5 Å². The number of aryl methyl sites for hydroxylation is 1. The van der Waals surface area contributed by atoms with Crippen LogP contribution in [0.1, 0.15) is 39.2 Å². The first-order valence-corrected chi connectivity index (χ1v) is 8.82. The molecule has 3 rings (SSSR count). The van der Waals surface area contributed by atoms with E-state index >= 15 is 0 Å². The lowest BCUT2D eigenvalue weighted by molar-refractivity contribution is 0.0128. The van der Waals surface area contributed by atoms with Crippen molar-refractivity contribution in [3.8, 4) is 5.75 Å². The monoisotopic (exact) mass is 342 g/mol. The standard InChI is InChI=1S/C20H26N2O3/c1-14-5-6-16-17(13-14)21-10-7-18(16)24-15-8-11-22(12-9-15)19(23)25-20(2,3)4/h5-7,10,13,15H,8-9,11-12H2,1-4H3. The van der Waals surface area contributed by atoms with Gasteiger partial charge in [0.25, 0.3) is 0 Å². The molecular formula is C20H26N2O3. The number of likely N-dealkylation sites (tertiary alicyclic amines) is 1. The number of nitrogens with zero attached hydrogens (tertiary/aromatic N) is 2. The van der Waals surface area contributed by atoms with Crippen molar-refractivity contribution in [2.75, 3.05) is 13.1 Å². The molecule has 0 aliphatic carbocycles. The van der Waals surface area contributed by atoms with Crippen molar-refractivity contribution in [1.29, 1.82) is 0 Å². The maximum absolute atomic E-state index is 12.1. The minimum Gasteiger partial charge on any atom is -0.490 e. The number of hydrogen-bond donors (Lipinski definition) is 0. The van der Waals surface area contributed by atoms with Crippen molar-refractivity contribution in [3.05, 3.63) is 36.0 Å². The highest BCUT2D eigenvalue weighted by Crippen LogP contribution is 2.27. The molecule has 1 saturated heterocycles. The number of benzene rings is 1. The molecule has 0 radical (unpaired) electrons. The molecule has 0 atom stereocenters. The number of fused-ring (bicyclic) bond motifs is 1. The van der Waals surface area contributed by atoms with Crippen molar-refractivity contribution in [2.24, 2.45) is 0 Å². The van der Waals surface area contributed by atoms with E-state index in [2.05, 4.69) is 30.1 Å². The molecule has 5 heteroatoms. The summed E-state index contributed by atoms with van der Waals surface area (Å²) in [6.45, 7) is 9.02. The summed E-state index contributed by atoms with van der Waals surface area (Å²) in [5, 5.41) is 1.03. The van der Waals surface area contributed by atoms with Crippen molar-refractivity contribution in [1.82, 2.24) is 9.88 Å². The Bertz CT molecular complexity index is 759. The Hall–Kier alpha value is -2.30. The van der Waals surface area contributed by atoms with Crippen LogP contribution in [0, 0.1) is 6.92 Å². The molecule has 2 aromatic rings. The van der Waals surface area contributed by atoms with Gasteiger partial charge in [0.2, 0.25) is 0 Å². The molecular weight excluding hydrogens is 316 g/mol. The van der Waals surface area contributed by atoms with E-state index in [4.69, 9.17) is 9.47 Å². The minimum absolute atomic E-state index is 0.102. The minimum atomic E-state index is -0.460. The van der Waals surface area contributed by atoms with Gasteiger partial charge < -0.3 is 14.4 Å². The number of ether oxygens (including phenoxy) is 2. The predicted octanol–water partition coefficient (Wildman–Crippen LogP) is 4.32. The first-order valence-electron chi connectivity index (χ1n) is 8.82. The molecule has 1 aliphatic heterocycles. The molecule has 5 nitrogen and oxygen atoms in total. The predicted molar refractivity (Wildman–Crippen MR) is 97.9 cm³/mol. The van der Waals surface area contributed by atoms with E-state index in [9.17, 15) is 4.79 Å². The van der Waals surface area contributed by atoms with Gasteiger partial charge in [0, 0.05) is 37.5 Å². The second-order valence-electron chi connectivity index (χ2n) is 7.61. The normalized spacial score (nSPS) is 16.1. The molecule has 0 unspecified atom stereocenters. The van der Waals surface area contributed by atoms with E-state index in [1.807, 2.05) is 26.8 Å². The van der Waals surface area contributed by atoms with E-state index in [-0.39, 0.29) is 12.2 Å². The number of amides is 1. The third kappa shape index (κ3) is 4.41. The second kappa shape index (κ2) is 6.90. The van der Waals surface area contributed by atoms with E-state index < -0.39 is 5.60 Å². The van der Waals surface area contributed by atoms with Crippen LogP contribution >= 0.6 is 0 Å². The van der Waals surface area contributed by atoms with Crippen molar-refractivity contribution in [3.63, 3.8) is 0 Å². The molecule has 1 aliphatic rings. The summed E-state index contributed by atoms with van der Waals surface area (Å²) in [5.41, 5.74) is 1.67. The smallest absolute Gasteiger partial charge is 0.410 e. The average molecular weight is 342 g/mol. The quantitative estimate of drug-likeness (QED) is 0.815. The Morgan fingerprint density at radius 3 is 2.60 bits per heavy atom. The molecule has 0 bridgehead atoms. The van der Waals surface area contributed by atoms with Crippen LogP contribution in [-0.2, 0) is 4.74 Å². The van der Waals surface area contributed by atoms with Crippen molar-refractivity contribution in [2.45, 2.75) is 52.2 Å². The van der Waals surface area contributed by atoms with Gasteiger partial charge in [-0.05, 0) is 51.5 Å². The van der Waals surface area contributed by atoms with Crippen LogP contribution in [-0.4, -0.2) is 40.8 Å². The van der Waals surface area contributed by atoms with Gasteiger partial charge in [0.1, 0.15) is 17.5 Å². The number of pyridine rings is 1. The van der Waals surface area contributed by atoms with Crippen LogP contribution < -0.4 is 4.74 Å². The second-order valence-corrected chi connectivity index (χ2v) is 7.61. The number of aromatic nitrogens is 1. The van der Waals surface area contributed by atoms with Gasteiger partial charge in [0.05, 0.1) is 5.52 Å². The van der Waals surface area contributed by atoms with E-state index in [0.29, 0.717) is 13.1 Å². The molecule has 0 spiro atoms. The summed E-state index contributed by atoms with van der Waals surface area (Å²) >= 11 is 0. The molecule has 0 saturated carbocycles. The zero-order chi connectivity index (χ0) is 18.0. The van der Waals surface area contributed by atoms with Gasteiger partial charge in [-0.2, -0.15) is 0 Å². The average Bonchev–Trinajstić information content (AvgIpc) is 2.54. The molecule has 0 N–H and O–H groups in total. The number of carbonyl (C=O) groups excluding carboxylic acids is 1. The molecule has 134 valence electrons. The van der Waals surface area contributed by atoms with Gasteiger partial charge in [-0.15, -0.1) is 0 Å². The number of rotatable bonds is 2. The lowest BCUT2D eigenvalue weighted by atomic mass is 10.1. The lowest BCUT2D eigenvalue weighted by Gasteiger charge is -2.33. The molecule has 1 amide bonds. The summed E-state index contributed by atoms with van der Waals surface area (Å²) in [6.07, 6.45) is 3.25. The first kappa shape index (κ1) is 17.5. The molecule has 1 aromatic carbocycles. The topological polar surface area (TPSA) is 51.7 Å². The van der Waals surface area contributed by atoms with Crippen LogP contribution in [0.25, 0.3) is 10.9 Å². The van der Waals surface area contributed by atoms with Crippen LogP contribution in [0.2, 0.25) is 0 Å². The van der Waals surface area contributed by atoms with Crippen LogP contribution in [0.4, 0.5) is 4.79 Å². The fraction of sp³-hybridized carbons (Fsp3) is 0.500. The van der Waals surface area contributed by atoms with Gasteiger partial charge in [0.15, 0.2) is 0 Å². The Balaban J connectivity index is 1.62. The Labute approximate surface area is 148 Å². The number of carbonyl (C=O) groups is 1. The largest absolute Gasteiger partial charge is 0.490 e. The van der Waals surface area contributed by atoms with E-state index in [1.165, 1.54) is 5.56 Å². The highest BCUT2D eigenvalue weighted by atomic mass is 16.6. The van der Waals surface area contributed by atoms with E-state index in [1.54, 1.807) is 11.1 Å². The SMILES string of the molecule is Cc1ccc2c(OC3CCN(C(=O)OC(C)(C)C)CC3)ccnc2c1. The Morgan fingerprint density at radius 1 is 1.20 bits per heavy atom. The van der Waals surface area contributed by atoms with Gasteiger partial charge >= 0.3 is 6.09 Å². The van der Waals surface area contributed by atoms with Crippen LogP contribution in [0.3, 0.4) is 0 Å². The Morgan fingerprint density at radius 2 is 1.92 bits per heavy atom. The highest BCUT2D eigenvalue weighted by Gasteiger charge is 2.27. The summed E-state index contributed by atoms with van der Waals surface area (Å²) in [4.78, 5) is 18.3. The third-order valence-corrected chi connectivity index (χ3v) is 4.25. The molecule has 25 heavy (non-hydrogen) atoms. The number of hydrogen-bond acceptors (Lipinski definition) is 4.